The summed E-state index contributed by atoms with van der Waals surface area (Å²) in [6.45, 7) is 2.92. The molecule has 1 fully saturated rings. The normalized spacial score (nSPS) is 17.6. The Labute approximate surface area is 186 Å². The van der Waals surface area contributed by atoms with Gasteiger partial charge in [-0.25, -0.2) is 4.39 Å². The molecule has 2 aromatic carbocycles. The number of aliphatic hydroxyl groups excluding tert-OH is 1. The minimum Gasteiger partial charge on any atom is -0.507 e. The highest BCUT2D eigenvalue weighted by atomic mass is 19.1. The number of halogens is 1. The lowest BCUT2D eigenvalue weighted by atomic mass is 9.94. The molecule has 1 aliphatic heterocycles. The molecule has 0 bridgehead atoms. The van der Waals surface area contributed by atoms with Gasteiger partial charge in [0.25, 0.3) is 11.7 Å². The minimum atomic E-state index is -0.875. The second-order valence-corrected chi connectivity index (χ2v) is 7.19. The van der Waals surface area contributed by atoms with Crippen molar-refractivity contribution >= 4 is 17.4 Å². The van der Waals surface area contributed by atoms with Gasteiger partial charge in [-0.15, -0.1) is 0 Å². The van der Waals surface area contributed by atoms with E-state index < -0.39 is 29.3 Å². The number of amides is 1. The highest BCUT2D eigenvalue weighted by Gasteiger charge is 2.46. The van der Waals surface area contributed by atoms with Crippen LogP contribution in [-0.2, 0) is 14.3 Å². The van der Waals surface area contributed by atoms with Crippen LogP contribution in [0.2, 0.25) is 0 Å². The van der Waals surface area contributed by atoms with Crippen LogP contribution in [0.4, 0.5) is 4.39 Å². The van der Waals surface area contributed by atoms with Gasteiger partial charge in [0.15, 0.2) is 0 Å². The Hall–Kier alpha value is -3.39. The number of likely N-dealkylation sites (tertiary alicyclic amines) is 1. The van der Waals surface area contributed by atoms with Crippen LogP contribution >= 0.6 is 0 Å². The van der Waals surface area contributed by atoms with E-state index in [2.05, 4.69) is 0 Å². The first kappa shape index (κ1) is 23.3. The van der Waals surface area contributed by atoms with Crippen LogP contribution < -0.4 is 9.47 Å². The first-order valence-electron chi connectivity index (χ1n) is 10.3. The molecule has 1 unspecified atom stereocenters. The van der Waals surface area contributed by atoms with E-state index in [1.807, 2.05) is 6.92 Å². The molecule has 1 atom stereocenters. The van der Waals surface area contributed by atoms with Crippen molar-refractivity contribution in [1.82, 2.24) is 4.90 Å². The Kier molecular flexibility index (Phi) is 7.48. The molecule has 1 aliphatic rings. The molecule has 2 aromatic rings. The molecular weight excluding hydrogens is 417 g/mol. The van der Waals surface area contributed by atoms with Gasteiger partial charge in [0.05, 0.1) is 30.9 Å². The summed E-state index contributed by atoms with van der Waals surface area (Å²) in [7, 11) is 2.92. The van der Waals surface area contributed by atoms with Crippen molar-refractivity contribution < 1.29 is 33.3 Å². The second kappa shape index (κ2) is 10.3. The lowest BCUT2D eigenvalue weighted by Gasteiger charge is -2.25. The Balaban J connectivity index is 2.19. The molecular formula is C24H26FNO6. The fourth-order valence-corrected chi connectivity index (χ4v) is 3.79. The smallest absolute Gasteiger partial charge is 0.295 e. The van der Waals surface area contributed by atoms with E-state index in [0.29, 0.717) is 30.9 Å². The molecule has 0 aliphatic carbocycles. The fraction of sp³-hybridized carbons (Fsp3) is 0.333. The average molecular weight is 443 g/mol. The SMILES string of the molecule is CCOc1cccc(C2/C(=C(\O)c3cc(F)ccc3OC)C(=O)C(=O)N2CCCOC)c1. The number of methoxy groups -OCH3 is 2. The predicted molar refractivity (Wildman–Crippen MR) is 116 cm³/mol. The van der Waals surface area contributed by atoms with E-state index in [0.717, 1.165) is 6.07 Å². The summed E-state index contributed by atoms with van der Waals surface area (Å²) in [6.07, 6.45) is 0.495. The fourth-order valence-electron chi connectivity index (χ4n) is 3.79. The number of carbonyl (C=O) groups is 2. The largest absolute Gasteiger partial charge is 0.507 e. The standard InChI is InChI=1S/C24H26FNO6/c1-4-32-17-8-5-7-15(13-17)21-20(23(28)24(29)26(21)11-6-12-30-2)22(27)18-14-16(25)9-10-19(18)31-3/h5,7-10,13-14,21,27H,4,6,11-12H2,1-3H3/b22-20+. The van der Waals surface area contributed by atoms with Crippen LogP contribution in [0, 0.1) is 5.82 Å². The molecule has 7 nitrogen and oxygen atoms in total. The molecule has 0 spiro atoms. The quantitative estimate of drug-likeness (QED) is 0.275. The molecule has 1 N–H and O–H groups in total. The Morgan fingerprint density at radius 1 is 1.16 bits per heavy atom. The average Bonchev–Trinajstić information content (AvgIpc) is 3.04. The van der Waals surface area contributed by atoms with E-state index in [9.17, 15) is 19.1 Å². The number of hydrogen-bond acceptors (Lipinski definition) is 6. The second-order valence-electron chi connectivity index (χ2n) is 7.19. The molecule has 1 saturated heterocycles. The molecule has 0 radical (unpaired) electrons. The number of aliphatic hydroxyl groups is 1. The molecule has 0 saturated carbocycles. The summed E-state index contributed by atoms with van der Waals surface area (Å²) in [6, 6.07) is 9.71. The molecule has 1 amide bonds. The lowest BCUT2D eigenvalue weighted by molar-refractivity contribution is -0.140. The van der Waals surface area contributed by atoms with Crippen molar-refractivity contribution in [3.63, 3.8) is 0 Å². The van der Waals surface area contributed by atoms with Crippen LogP contribution in [0.5, 0.6) is 11.5 Å². The maximum atomic E-state index is 14.0. The van der Waals surface area contributed by atoms with Crippen molar-refractivity contribution in [2.45, 2.75) is 19.4 Å². The highest BCUT2D eigenvalue weighted by molar-refractivity contribution is 6.46. The number of ketones is 1. The van der Waals surface area contributed by atoms with Gasteiger partial charge in [0, 0.05) is 20.3 Å². The van der Waals surface area contributed by atoms with Gasteiger partial charge < -0.3 is 24.2 Å². The monoisotopic (exact) mass is 443 g/mol. The summed E-state index contributed by atoms with van der Waals surface area (Å²) in [4.78, 5) is 27.3. The van der Waals surface area contributed by atoms with Crippen LogP contribution in [0.25, 0.3) is 5.76 Å². The first-order chi connectivity index (χ1) is 15.4. The third kappa shape index (κ3) is 4.60. The van der Waals surface area contributed by atoms with Gasteiger partial charge in [-0.3, -0.25) is 9.59 Å². The van der Waals surface area contributed by atoms with E-state index in [1.54, 1.807) is 31.4 Å². The van der Waals surface area contributed by atoms with Crippen LogP contribution in [0.1, 0.15) is 30.5 Å². The maximum Gasteiger partial charge on any atom is 0.295 e. The predicted octanol–water partition coefficient (Wildman–Crippen LogP) is 3.69. The topological polar surface area (TPSA) is 85.3 Å². The van der Waals surface area contributed by atoms with Gasteiger partial charge in [-0.1, -0.05) is 12.1 Å². The van der Waals surface area contributed by atoms with E-state index >= 15 is 0 Å². The third-order valence-corrected chi connectivity index (χ3v) is 5.19. The minimum absolute atomic E-state index is 0.00615. The first-order valence-corrected chi connectivity index (χ1v) is 10.3. The summed E-state index contributed by atoms with van der Waals surface area (Å²) < 4.78 is 29.8. The van der Waals surface area contributed by atoms with Gasteiger partial charge >= 0.3 is 0 Å². The van der Waals surface area contributed by atoms with Gasteiger partial charge in [0.2, 0.25) is 0 Å². The number of ether oxygens (including phenoxy) is 3. The van der Waals surface area contributed by atoms with Crippen LogP contribution in [0.15, 0.2) is 48.0 Å². The maximum absolute atomic E-state index is 14.0. The zero-order valence-corrected chi connectivity index (χ0v) is 18.3. The number of nitrogens with zero attached hydrogens (tertiary/aromatic N) is 1. The molecule has 3 rings (SSSR count). The molecule has 32 heavy (non-hydrogen) atoms. The number of hydrogen-bond donors (Lipinski definition) is 1. The lowest BCUT2D eigenvalue weighted by Crippen LogP contribution is -2.31. The zero-order chi connectivity index (χ0) is 23.3. The summed E-state index contributed by atoms with van der Waals surface area (Å²) in [5.41, 5.74) is 0.447. The van der Waals surface area contributed by atoms with Gasteiger partial charge in [0.1, 0.15) is 23.1 Å². The number of rotatable bonds is 9. The molecule has 0 aromatic heterocycles. The number of Topliss-reactive ketones (excluding diaryl/α,β-unsaturated/α-hetero) is 1. The Morgan fingerprint density at radius 2 is 1.94 bits per heavy atom. The Morgan fingerprint density at radius 3 is 2.62 bits per heavy atom. The van der Waals surface area contributed by atoms with Crippen molar-refractivity contribution in [3.05, 3.63) is 65.0 Å². The van der Waals surface area contributed by atoms with Crippen molar-refractivity contribution in [1.29, 1.82) is 0 Å². The van der Waals surface area contributed by atoms with E-state index in [1.165, 1.54) is 24.1 Å². The summed E-state index contributed by atoms with van der Waals surface area (Å²) >= 11 is 0. The van der Waals surface area contributed by atoms with Gasteiger partial charge in [-0.2, -0.15) is 0 Å². The van der Waals surface area contributed by atoms with Crippen molar-refractivity contribution in [2.24, 2.45) is 0 Å². The molecule has 1 heterocycles. The van der Waals surface area contributed by atoms with Crippen LogP contribution in [-0.4, -0.2) is 55.7 Å². The number of benzene rings is 2. The molecule has 8 heteroatoms. The Bertz CT molecular complexity index is 1030. The van der Waals surface area contributed by atoms with E-state index in [-0.39, 0.29) is 23.4 Å². The van der Waals surface area contributed by atoms with Crippen molar-refractivity contribution in [2.75, 3.05) is 34.0 Å². The van der Waals surface area contributed by atoms with Crippen molar-refractivity contribution in [3.8, 4) is 11.5 Å². The summed E-state index contributed by atoms with van der Waals surface area (Å²) in [5, 5.41) is 11.1. The zero-order valence-electron chi connectivity index (χ0n) is 18.3. The third-order valence-electron chi connectivity index (χ3n) is 5.19. The molecule has 170 valence electrons. The van der Waals surface area contributed by atoms with Crippen LogP contribution in [0.3, 0.4) is 0 Å². The highest BCUT2D eigenvalue weighted by Crippen LogP contribution is 2.41. The summed E-state index contributed by atoms with van der Waals surface area (Å²) in [5.74, 6) is -1.97. The van der Waals surface area contributed by atoms with E-state index in [4.69, 9.17) is 14.2 Å². The van der Waals surface area contributed by atoms with Gasteiger partial charge in [-0.05, 0) is 49.2 Å². The number of carbonyl (C=O) groups excluding carboxylic acids is 2.